The highest BCUT2D eigenvalue weighted by Gasteiger charge is 2.26. The number of likely N-dealkylation sites (tertiary alicyclic amines) is 1. The van der Waals surface area contributed by atoms with E-state index < -0.39 is 0 Å². The molecule has 1 unspecified atom stereocenters. The number of nitrogens with zero attached hydrogens (tertiary/aromatic N) is 5. The third-order valence-corrected chi connectivity index (χ3v) is 5.19. The van der Waals surface area contributed by atoms with Crippen molar-refractivity contribution in [2.24, 2.45) is 0 Å². The highest BCUT2D eigenvalue weighted by molar-refractivity contribution is 5.57. The van der Waals surface area contributed by atoms with Gasteiger partial charge in [-0.3, -0.25) is 0 Å². The van der Waals surface area contributed by atoms with Crippen molar-refractivity contribution in [1.82, 2.24) is 25.0 Å². The first kappa shape index (κ1) is 17.8. The van der Waals surface area contributed by atoms with Crippen LogP contribution < -0.4 is 0 Å². The molecule has 0 N–H and O–H groups in total. The van der Waals surface area contributed by atoms with E-state index in [1.54, 1.807) is 19.4 Å². The largest absolute Gasteiger partial charge is 0.339 e. The molecule has 1 saturated heterocycles. The Morgan fingerprint density at radius 1 is 1.22 bits per heavy atom. The molecule has 6 nitrogen and oxygen atoms in total. The van der Waals surface area contributed by atoms with Crippen molar-refractivity contribution in [3.05, 3.63) is 60.0 Å². The summed E-state index contributed by atoms with van der Waals surface area (Å²) in [4.78, 5) is 15.7. The van der Waals surface area contributed by atoms with Gasteiger partial charge in [-0.15, -0.1) is 0 Å². The lowest BCUT2D eigenvalue weighted by atomic mass is 9.91. The Morgan fingerprint density at radius 2 is 2.11 bits per heavy atom. The lowest BCUT2D eigenvalue weighted by Gasteiger charge is -2.32. The summed E-state index contributed by atoms with van der Waals surface area (Å²) in [7, 11) is 0. The van der Waals surface area contributed by atoms with Crippen LogP contribution in [0.1, 0.15) is 42.3 Å². The van der Waals surface area contributed by atoms with Gasteiger partial charge in [-0.1, -0.05) is 35.5 Å². The van der Waals surface area contributed by atoms with Gasteiger partial charge in [0.1, 0.15) is 6.33 Å². The molecule has 0 radical (unpaired) electrons. The summed E-state index contributed by atoms with van der Waals surface area (Å²) >= 11 is 0. The molecule has 0 spiro atoms. The second-order valence-corrected chi connectivity index (χ2v) is 7.19. The third kappa shape index (κ3) is 4.39. The highest BCUT2D eigenvalue weighted by atomic mass is 16.5. The number of hydrogen-bond donors (Lipinski definition) is 0. The average molecular weight is 363 g/mol. The number of hydrogen-bond acceptors (Lipinski definition) is 6. The molecule has 4 rings (SSSR count). The normalized spacial score (nSPS) is 17.9. The zero-order valence-electron chi connectivity index (χ0n) is 15.7. The van der Waals surface area contributed by atoms with E-state index in [1.807, 2.05) is 0 Å². The molecule has 3 aromatic rings. The molecular formula is C21H25N5O. The lowest BCUT2D eigenvalue weighted by molar-refractivity contribution is 0.204. The molecule has 27 heavy (non-hydrogen) atoms. The van der Waals surface area contributed by atoms with Crippen molar-refractivity contribution < 1.29 is 4.52 Å². The minimum Gasteiger partial charge on any atom is -0.339 e. The summed E-state index contributed by atoms with van der Waals surface area (Å²) < 4.78 is 5.15. The van der Waals surface area contributed by atoms with Crippen molar-refractivity contribution in [3.8, 4) is 11.4 Å². The minimum absolute atomic E-state index is 0.382. The van der Waals surface area contributed by atoms with E-state index in [4.69, 9.17) is 4.52 Å². The number of benzene rings is 1. The van der Waals surface area contributed by atoms with Crippen LogP contribution in [0.5, 0.6) is 0 Å². The molecule has 1 aliphatic rings. The first-order valence-corrected chi connectivity index (χ1v) is 9.66. The predicted octanol–water partition coefficient (Wildman–Crippen LogP) is 3.65. The van der Waals surface area contributed by atoms with E-state index in [9.17, 15) is 0 Å². The Kier molecular flexibility index (Phi) is 5.53. The van der Waals surface area contributed by atoms with E-state index in [0.29, 0.717) is 17.6 Å². The number of aromatic nitrogens is 4. The second kappa shape index (κ2) is 8.39. The fraction of sp³-hybridized carbons (Fsp3) is 0.429. The van der Waals surface area contributed by atoms with E-state index in [2.05, 4.69) is 55.3 Å². The van der Waals surface area contributed by atoms with Crippen LogP contribution >= 0.6 is 0 Å². The van der Waals surface area contributed by atoms with Crippen LogP contribution in [0.15, 0.2) is 47.4 Å². The maximum Gasteiger partial charge on any atom is 0.223 e. The lowest BCUT2D eigenvalue weighted by Crippen LogP contribution is -2.35. The SMILES string of the molecule is Cc1nc(-c2cncnc2C2CCCN(CCCc3ccccc3)C2)no1. The van der Waals surface area contributed by atoms with Gasteiger partial charge in [0.2, 0.25) is 11.7 Å². The van der Waals surface area contributed by atoms with Crippen LogP contribution in [0.2, 0.25) is 0 Å². The standard InChI is InChI=1S/C21H25N5O/c1-16-24-21(25-27-16)19-13-22-15-23-20(19)18-10-6-12-26(14-18)11-5-9-17-7-3-2-4-8-17/h2-4,7-8,13,15,18H,5-6,9-12,14H2,1H3. The van der Waals surface area contributed by atoms with Gasteiger partial charge in [0.25, 0.3) is 0 Å². The molecule has 3 heterocycles. The Hall–Kier alpha value is -2.60. The van der Waals surface area contributed by atoms with Crippen molar-refractivity contribution in [3.63, 3.8) is 0 Å². The maximum atomic E-state index is 5.15. The number of rotatable bonds is 6. The van der Waals surface area contributed by atoms with Gasteiger partial charge in [0.15, 0.2) is 0 Å². The monoisotopic (exact) mass is 363 g/mol. The first-order valence-electron chi connectivity index (χ1n) is 9.66. The first-order chi connectivity index (χ1) is 13.3. The minimum atomic E-state index is 0.382. The molecule has 0 aliphatic carbocycles. The van der Waals surface area contributed by atoms with Crippen molar-refractivity contribution in [1.29, 1.82) is 0 Å². The zero-order chi connectivity index (χ0) is 18.5. The van der Waals surface area contributed by atoms with Gasteiger partial charge in [0.05, 0.1) is 11.3 Å². The van der Waals surface area contributed by atoms with E-state index >= 15 is 0 Å². The molecule has 2 aromatic heterocycles. The second-order valence-electron chi connectivity index (χ2n) is 7.19. The Morgan fingerprint density at radius 3 is 2.93 bits per heavy atom. The molecular weight excluding hydrogens is 338 g/mol. The summed E-state index contributed by atoms with van der Waals surface area (Å²) in [5.74, 6) is 1.53. The molecule has 140 valence electrons. The van der Waals surface area contributed by atoms with Gasteiger partial charge in [-0.2, -0.15) is 4.98 Å². The summed E-state index contributed by atoms with van der Waals surface area (Å²) in [5, 5.41) is 4.06. The third-order valence-electron chi connectivity index (χ3n) is 5.19. The molecule has 0 saturated carbocycles. The van der Waals surface area contributed by atoms with E-state index in [1.165, 1.54) is 18.4 Å². The maximum absolute atomic E-state index is 5.15. The van der Waals surface area contributed by atoms with E-state index in [-0.39, 0.29) is 0 Å². The Balaban J connectivity index is 1.41. The fourth-order valence-corrected chi connectivity index (χ4v) is 3.88. The topological polar surface area (TPSA) is 67.9 Å². The molecule has 1 aliphatic heterocycles. The summed E-state index contributed by atoms with van der Waals surface area (Å²) in [6.07, 6.45) is 8.06. The predicted molar refractivity (Wildman–Crippen MR) is 103 cm³/mol. The molecule has 1 fully saturated rings. The molecule has 1 atom stereocenters. The molecule has 6 heteroatoms. The van der Waals surface area contributed by atoms with Crippen LogP contribution in [0.3, 0.4) is 0 Å². The molecule has 0 amide bonds. The average Bonchev–Trinajstić information content (AvgIpc) is 3.15. The fourth-order valence-electron chi connectivity index (χ4n) is 3.88. The number of aryl methyl sites for hydroxylation is 2. The van der Waals surface area contributed by atoms with Crippen LogP contribution in [-0.2, 0) is 6.42 Å². The summed E-state index contributed by atoms with van der Waals surface area (Å²) in [6.45, 7) is 5.10. The van der Waals surface area contributed by atoms with Gasteiger partial charge in [0, 0.05) is 25.6 Å². The van der Waals surface area contributed by atoms with Crippen LogP contribution in [0.25, 0.3) is 11.4 Å². The van der Waals surface area contributed by atoms with Gasteiger partial charge >= 0.3 is 0 Å². The summed E-state index contributed by atoms with van der Waals surface area (Å²) in [6, 6.07) is 10.7. The van der Waals surface area contributed by atoms with Gasteiger partial charge in [-0.05, 0) is 44.3 Å². The Labute approximate surface area is 159 Å². The van der Waals surface area contributed by atoms with Crippen LogP contribution in [-0.4, -0.2) is 44.6 Å². The van der Waals surface area contributed by atoms with Gasteiger partial charge in [-0.25, -0.2) is 9.97 Å². The molecule has 0 bridgehead atoms. The quantitative estimate of drug-likeness (QED) is 0.666. The summed E-state index contributed by atoms with van der Waals surface area (Å²) in [5.41, 5.74) is 3.35. The van der Waals surface area contributed by atoms with Crippen LogP contribution in [0, 0.1) is 6.92 Å². The Bertz CT molecular complexity index is 864. The number of piperidine rings is 1. The zero-order valence-corrected chi connectivity index (χ0v) is 15.7. The molecule has 1 aromatic carbocycles. The highest BCUT2D eigenvalue weighted by Crippen LogP contribution is 2.31. The smallest absolute Gasteiger partial charge is 0.223 e. The van der Waals surface area contributed by atoms with Gasteiger partial charge < -0.3 is 9.42 Å². The van der Waals surface area contributed by atoms with Crippen molar-refractivity contribution in [2.75, 3.05) is 19.6 Å². The van der Waals surface area contributed by atoms with E-state index in [0.717, 1.165) is 43.7 Å². The van der Waals surface area contributed by atoms with Crippen molar-refractivity contribution >= 4 is 0 Å². The van der Waals surface area contributed by atoms with Crippen molar-refractivity contribution in [2.45, 2.75) is 38.5 Å². The van der Waals surface area contributed by atoms with Crippen LogP contribution in [0.4, 0.5) is 0 Å².